The highest BCUT2D eigenvalue weighted by Gasteiger charge is 2.23. The van der Waals surface area contributed by atoms with Gasteiger partial charge in [0.15, 0.2) is 0 Å². The van der Waals surface area contributed by atoms with Crippen LogP contribution >= 0.6 is 0 Å². The molecular formula is C61H40F2N2. The van der Waals surface area contributed by atoms with Crippen molar-refractivity contribution in [3.63, 3.8) is 0 Å². The van der Waals surface area contributed by atoms with Gasteiger partial charge in [-0.15, -0.1) is 0 Å². The van der Waals surface area contributed by atoms with Crippen LogP contribution in [0.5, 0.6) is 0 Å². The number of hydrogen-bond acceptors (Lipinski definition) is 0. The van der Waals surface area contributed by atoms with E-state index in [0.717, 1.165) is 117 Å². The minimum Gasteiger partial charge on any atom is -0.307 e. The summed E-state index contributed by atoms with van der Waals surface area (Å²) < 4.78 is 34.9. The van der Waals surface area contributed by atoms with Gasteiger partial charge < -0.3 is 9.13 Å². The van der Waals surface area contributed by atoms with Gasteiger partial charge in [-0.2, -0.15) is 0 Å². The summed E-state index contributed by atoms with van der Waals surface area (Å²) in [7, 11) is 0. The highest BCUT2D eigenvalue weighted by molar-refractivity contribution is 6.14. The van der Waals surface area contributed by atoms with Crippen molar-refractivity contribution >= 4 is 43.6 Å². The van der Waals surface area contributed by atoms with Gasteiger partial charge in [-0.1, -0.05) is 146 Å². The fourth-order valence-corrected chi connectivity index (χ4v) is 9.87. The topological polar surface area (TPSA) is 9.86 Å². The molecule has 2 aromatic heterocycles. The molecule has 12 aromatic rings. The highest BCUT2D eigenvalue weighted by atomic mass is 19.1. The van der Waals surface area contributed by atoms with Crippen LogP contribution in [0.25, 0.3) is 111 Å². The highest BCUT2D eigenvalue weighted by Crippen LogP contribution is 2.44. The third-order valence-electron chi connectivity index (χ3n) is 12.9. The van der Waals surface area contributed by atoms with Gasteiger partial charge in [-0.05, 0) is 141 Å². The van der Waals surface area contributed by atoms with E-state index in [1.165, 1.54) is 12.1 Å². The zero-order valence-electron chi connectivity index (χ0n) is 35.5. The zero-order valence-corrected chi connectivity index (χ0v) is 35.5. The normalized spacial score (nSPS) is 11.6. The van der Waals surface area contributed by atoms with Crippen LogP contribution in [-0.4, -0.2) is 9.13 Å². The van der Waals surface area contributed by atoms with E-state index in [1.807, 2.05) is 31.2 Å². The maximum absolute atomic E-state index is 15.1. The van der Waals surface area contributed by atoms with Gasteiger partial charge in [0, 0.05) is 27.6 Å². The molecule has 4 heteroatoms. The SMILES string of the molecule is Cc1cc(-n2c3ccc(-c4ccccc4)cc3c3cc(-c4ccccc4)ccc32)c(-n2c3ccc(-c4ccccc4)cc3c3cc(-c4ccccc4)ccc32)cc1-c1cc(F)cc(F)c1. The summed E-state index contributed by atoms with van der Waals surface area (Å²) in [5, 5.41) is 4.46. The number of hydrogen-bond donors (Lipinski definition) is 0. The summed E-state index contributed by atoms with van der Waals surface area (Å²) in [5.41, 5.74) is 17.1. The predicted octanol–water partition coefficient (Wildman–Crippen LogP) is 16.8. The Hall–Kier alpha value is -8.34. The molecule has 0 radical (unpaired) electrons. The van der Waals surface area contributed by atoms with E-state index in [-0.39, 0.29) is 0 Å². The van der Waals surface area contributed by atoms with E-state index in [2.05, 4.69) is 191 Å². The smallest absolute Gasteiger partial charge is 0.126 e. The molecule has 0 aliphatic rings. The molecule has 0 amide bonds. The van der Waals surface area contributed by atoms with E-state index in [9.17, 15) is 0 Å². The molecule has 65 heavy (non-hydrogen) atoms. The van der Waals surface area contributed by atoms with E-state index in [4.69, 9.17) is 0 Å². The molecule has 0 spiro atoms. The lowest BCUT2D eigenvalue weighted by Crippen LogP contribution is -2.05. The average molecular weight is 839 g/mol. The Morgan fingerprint density at radius 1 is 0.277 bits per heavy atom. The third kappa shape index (κ3) is 6.61. The van der Waals surface area contributed by atoms with Crippen LogP contribution in [-0.2, 0) is 0 Å². The van der Waals surface area contributed by atoms with Crippen molar-refractivity contribution in [2.24, 2.45) is 0 Å². The van der Waals surface area contributed by atoms with Crippen molar-refractivity contribution < 1.29 is 8.78 Å². The van der Waals surface area contributed by atoms with Crippen molar-refractivity contribution in [1.29, 1.82) is 0 Å². The monoisotopic (exact) mass is 838 g/mol. The quantitative estimate of drug-likeness (QED) is 0.151. The number of aromatic nitrogens is 2. The fourth-order valence-electron chi connectivity index (χ4n) is 9.87. The largest absolute Gasteiger partial charge is 0.307 e. The van der Waals surface area contributed by atoms with Crippen molar-refractivity contribution in [3.8, 4) is 67.0 Å². The van der Waals surface area contributed by atoms with Crippen LogP contribution in [0.1, 0.15) is 5.56 Å². The van der Waals surface area contributed by atoms with Gasteiger partial charge in [0.05, 0.1) is 33.4 Å². The minimum atomic E-state index is -0.616. The molecule has 2 heterocycles. The van der Waals surface area contributed by atoms with Crippen LogP contribution in [0.15, 0.2) is 224 Å². The zero-order chi connectivity index (χ0) is 43.6. The summed E-state index contributed by atoms with van der Waals surface area (Å²) in [6, 6.07) is 77.0. The van der Waals surface area contributed by atoms with Gasteiger partial charge in [0.2, 0.25) is 0 Å². The number of benzene rings is 10. The molecule has 0 saturated heterocycles. The molecule has 0 N–H and O–H groups in total. The lowest BCUT2D eigenvalue weighted by Gasteiger charge is -2.20. The molecule has 10 aromatic carbocycles. The summed E-state index contributed by atoms with van der Waals surface area (Å²) in [5.74, 6) is -1.23. The average Bonchev–Trinajstić information content (AvgIpc) is 3.85. The molecule has 0 aliphatic carbocycles. The summed E-state index contributed by atoms with van der Waals surface area (Å²) >= 11 is 0. The number of fused-ring (bicyclic) bond motifs is 6. The second-order valence-corrected chi connectivity index (χ2v) is 16.9. The molecule has 0 bridgehead atoms. The molecule has 12 rings (SSSR count). The van der Waals surface area contributed by atoms with Gasteiger partial charge in [-0.3, -0.25) is 0 Å². The van der Waals surface area contributed by atoms with Crippen molar-refractivity contribution in [2.75, 3.05) is 0 Å². The lowest BCUT2D eigenvalue weighted by atomic mass is 9.98. The summed E-state index contributed by atoms with van der Waals surface area (Å²) in [4.78, 5) is 0. The standard InChI is InChI=1S/C61H40F2N2/c1-39-30-60(64-56-26-22-44(40-14-6-2-7-15-40)33-52(56)53-34-45(23-27-57(53)64)41-16-8-3-9-17-41)61(38-51(39)48-31-49(62)37-50(63)32-48)65-58-28-24-46(42-18-10-4-11-19-42)35-54(58)55-36-47(25-29-59(55)65)43-20-12-5-13-21-43/h2-38H,1H3. The van der Waals surface area contributed by atoms with Crippen LogP contribution in [0.3, 0.4) is 0 Å². The van der Waals surface area contributed by atoms with Crippen LogP contribution in [0.4, 0.5) is 8.78 Å². The Bertz CT molecular complexity index is 3560. The second-order valence-electron chi connectivity index (χ2n) is 16.9. The van der Waals surface area contributed by atoms with Crippen molar-refractivity contribution in [2.45, 2.75) is 6.92 Å². The summed E-state index contributed by atoms with van der Waals surface area (Å²) in [6.45, 7) is 2.03. The third-order valence-corrected chi connectivity index (χ3v) is 12.9. The Morgan fingerprint density at radius 3 is 0.908 bits per heavy atom. The molecule has 2 nitrogen and oxygen atoms in total. The van der Waals surface area contributed by atoms with Gasteiger partial charge >= 0.3 is 0 Å². The Balaban J connectivity index is 1.20. The van der Waals surface area contributed by atoms with E-state index in [1.54, 1.807) is 0 Å². The lowest BCUT2D eigenvalue weighted by molar-refractivity contribution is 0.584. The van der Waals surface area contributed by atoms with E-state index >= 15 is 8.78 Å². The van der Waals surface area contributed by atoms with Gasteiger partial charge in [0.1, 0.15) is 11.6 Å². The summed E-state index contributed by atoms with van der Waals surface area (Å²) in [6.07, 6.45) is 0. The Labute approximate surface area is 375 Å². The van der Waals surface area contributed by atoms with Gasteiger partial charge in [-0.25, -0.2) is 8.78 Å². The maximum Gasteiger partial charge on any atom is 0.126 e. The Morgan fingerprint density at radius 2 is 0.585 bits per heavy atom. The van der Waals surface area contributed by atoms with Gasteiger partial charge in [0.25, 0.3) is 0 Å². The molecule has 0 fully saturated rings. The molecule has 0 aliphatic heterocycles. The van der Waals surface area contributed by atoms with E-state index in [0.29, 0.717) is 5.56 Å². The first-order valence-electron chi connectivity index (χ1n) is 22.0. The first-order valence-corrected chi connectivity index (χ1v) is 22.0. The molecule has 0 atom stereocenters. The predicted molar refractivity (Wildman–Crippen MR) is 267 cm³/mol. The number of rotatable bonds is 7. The first-order chi connectivity index (χ1) is 31.9. The number of aryl methyl sites for hydroxylation is 1. The number of halogens is 2. The van der Waals surface area contributed by atoms with Crippen LogP contribution in [0, 0.1) is 18.6 Å². The number of nitrogens with zero attached hydrogens (tertiary/aromatic N) is 2. The maximum atomic E-state index is 15.1. The van der Waals surface area contributed by atoms with Crippen molar-refractivity contribution in [3.05, 3.63) is 242 Å². The van der Waals surface area contributed by atoms with E-state index < -0.39 is 11.6 Å². The molecule has 308 valence electrons. The van der Waals surface area contributed by atoms with Crippen LogP contribution in [0.2, 0.25) is 0 Å². The fraction of sp³-hybridized carbons (Fsp3) is 0.0164. The molecule has 0 unspecified atom stereocenters. The van der Waals surface area contributed by atoms with Crippen LogP contribution < -0.4 is 0 Å². The Kier molecular flexibility index (Phi) is 9.13. The minimum absolute atomic E-state index is 0.480. The second kappa shape index (κ2) is 15.5. The molecule has 0 saturated carbocycles. The first kappa shape index (κ1) is 38.3. The van der Waals surface area contributed by atoms with Crippen molar-refractivity contribution in [1.82, 2.24) is 9.13 Å². The molecular weight excluding hydrogens is 799 g/mol.